The van der Waals surface area contributed by atoms with E-state index >= 15 is 0 Å². The summed E-state index contributed by atoms with van der Waals surface area (Å²) < 4.78 is 0. The normalized spacial score (nSPS) is 10.3. The van der Waals surface area contributed by atoms with Crippen molar-refractivity contribution in [1.29, 1.82) is 0 Å². The number of carbonyl (C=O) groups excluding carboxylic acids is 2. The van der Waals surface area contributed by atoms with Gasteiger partial charge in [0.15, 0.2) is 0 Å². The van der Waals surface area contributed by atoms with Crippen molar-refractivity contribution in [1.82, 2.24) is 9.97 Å². The van der Waals surface area contributed by atoms with Crippen LogP contribution < -0.4 is 10.6 Å². The molecule has 0 bridgehead atoms. The lowest BCUT2D eigenvalue weighted by Crippen LogP contribution is -2.32. The Labute approximate surface area is 145 Å². The number of anilines is 2. The van der Waals surface area contributed by atoms with E-state index in [1.807, 2.05) is 6.07 Å². The molecule has 2 heterocycles. The molecule has 25 heavy (non-hydrogen) atoms. The molecule has 0 aliphatic rings. The Kier molecular flexibility index (Phi) is 5.11. The van der Waals surface area contributed by atoms with Crippen LogP contribution in [0.25, 0.3) is 0 Å². The number of benzene rings is 1. The van der Waals surface area contributed by atoms with Crippen molar-refractivity contribution in [3.8, 4) is 0 Å². The third-order valence-corrected chi connectivity index (χ3v) is 3.55. The van der Waals surface area contributed by atoms with Gasteiger partial charge < -0.3 is 10.6 Å². The molecule has 0 aliphatic heterocycles. The molecule has 0 unspecified atom stereocenters. The Morgan fingerprint density at radius 1 is 0.680 bits per heavy atom. The predicted molar refractivity (Wildman–Crippen MR) is 94.9 cm³/mol. The molecule has 0 radical (unpaired) electrons. The number of nitrogens with zero attached hydrogens (tertiary/aromatic N) is 2. The summed E-state index contributed by atoms with van der Waals surface area (Å²) in [5.74, 6) is -1.81. The molecule has 3 aromatic rings. The maximum Gasteiger partial charge on any atom is 0.241 e. The van der Waals surface area contributed by atoms with Crippen LogP contribution in [0, 0.1) is 0 Å². The molecule has 2 aromatic heterocycles. The second-order valence-electron chi connectivity index (χ2n) is 5.29. The molecule has 124 valence electrons. The molecule has 0 fully saturated rings. The van der Waals surface area contributed by atoms with Crippen LogP contribution in [0.1, 0.15) is 11.5 Å². The maximum atomic E-state index is 12.7. The van der Waals surface area contributed by atoms with Gasteiger partial charge in [0.25, 0.3) is 0 Å². The minimum Gasteiger partial charge on any atom is -0.325 e. The second kappa shape index (κ2) is 7.83. The molecule has 0 saturated heterocycles. The van der Waals surface area contributed by atoms with E-state index in [-0.39, 0.29) is 0 Å². The van der Waals surface area contributed by atoms with Crippen molar-refractivity contribution in [3.05, 3.63) is 84.9 Å². The van der Waals surface area contributed by atoms with Gasteiger partial charge >= 0.3 is 0 Å². The van der Waals surface area contributed by atoms with E-state index in [1.54, 1.807) is 73.3 Å². The summed E-state index contributed by atoms with van der Waals surface area (Å²) >= 11 is 0. The lowest BCUT2D eigenvalue weighted by molar-refractivity contribution is -0.125. The highest BCUT2D eigenvalue weighted by Gasteiger charge is 2.28. The fraction of sp³-hybridized carbons (Fsp3) is 0.0526. The van der Waals surface area contributed by atoms with Gasteiger partial charge in [0.2, 0.25) is 11.8 Å². The van der Waals surface area contributed by atoms with Gasteiger partial charge in [0, 0.05) is 36.2 Å². The first-order valence-corrected chi connectivity index (χ1v) is 7.71. The van der Waals surface area contributed by atoms with Crippen molar-refractivity contribution >= 4 is 23.2 Å². The van der Waals surface area contributed by atoms with Gasteiger partial charge in [-0.3, -0.25) is 19.6 Å². The molecule has 0 spiro atoms. The standard InChI is InChI=1S/C19H16N4O2/c24-18(22-15-6-10-20-11-7-15)17(14-4-2-1-3-5-14)19(25)23-16-8-12-21-13-9-16/h1-13,17H,(H,20,22,24)(H,21,23,25). The zero-order valence-electron chi connectivity index (χ0n) is 13.3. The number of amides is 2. The van der Waals surface area contributed by atoms with E-state index in [0.29, 0.717) is 16.9 Å². The van der Waals surface area contributed by atoms with E-state index in [9.17, 15) is 9.59 Å². The Morgan fingerprint density at radius 3 is 1.56 bits per heavy atom. The average Bonchev–Trinajstić information content (AvgIpc) is 2.64. The van der Waals surface area contributed by atoms with Crippen molar-refractivity contribution in [2.75, 3.05) is 10.6 Å². The van der Waals surface area contributed by atoms with E-state index in [2.05, 4.69) is 20.6 Å². The highest BCUT2D eigenvalue weighted by molar-refractivity contribution is 6.15. The fourth-order valence-corrected chi connectivity index (χ4v) is 2.37. The highest BCUT2D eigenvalue weighted by atomic mass is 16.2. The molecule has 6 heteroatoms. The summed E-state index contributed by atoms with van der Waals surface area (Å²) in [6.45, 7) is 0. The third-order valence-electron chi connectivity index (χ3n) is 3.55. The van der Waals surface area contributed by atoms with Gasteiger partial charge in [0.1, 0.15) is 5.92 Å². The first-order valence-electron chi connectivity index (χ1n) is 7.71. The van der Waals surface area contributed by atoms with Gasteiger partial charge in [-0.1, -0.05) is 30.3 Å². The molecule has 1 aromatic carbocycles. The monoisotopic (exact) mass is 332 g/mol. The van der Waals surface area contributed by atoms with Crippen LogP contribution in [0.3, 0.4) is 0 Å². The predicted octanol–water partition coefficient (Wildman–Crippen LogP) is 2.84. The van der Waals surface area contributed by atoms with Gasteiger partial charge in [0.05, 0.1) is 0 Å². The SMILES string of the molecule is O=C(Nc1ccncc1)C(C(=O)Nc1ccncc1)c1ccccc1. The Bertz CT molecular complexity index is 786. The molecular weight excluding hydrogens is 316 g/mol. The smallest absolute Gasteiger partial charge is 0.241 e. The summed E-state index contributed by atoms with van der Waals surface area (Å²) in [4.78, 5) is 33.3. The highest BCUT2D eigenvalue weighted by Crippen LogP contribution is 2.20. The molecular formula is C19H16N4O2. The van der Waals surface area contributed by atoms with Crippen molar-refractivity contribution in [3.63, 3.8) is 0 Å². The van der Waals surface area contributed by atoms with E-state index in [0.717, 1.165) is 0 Å². The number of hydrogen-bond donors (Lipinski definition) is 2. The van der Waals surface area contributed by atoms with E-state index in [4.69, 9.17) is 0 Å². The van der Waals surface area contributed by atoms with Crippen LogP contribution in [0.2, 0.25) is 0 Å². The zero-order chi connectivity index (χ0) is 17.5. The minimum absolute atomic E-state index is 0.413. The first-order chi connectivity index (χ1) is 12.2. The van der Waals surface area contributed by atoms with Crippen molar-refractivity contribution < 1.29 is 9.59 Å². The number of hydrogen-bond acceptors (Lipinski definition) is 4. The van der Waals surface area contributed by atoms with Gasteiger partial charge in [-0.15, -0.1) is 0 Å². The molecule has 3 rings (SSSR count). The Morgan fingerprint density at radius 2 is 1.12 bits per heavy atom. The summed E-state index contributed by atoms with van der Waals surface area (Å²) in [6, 6.07) is 15.6. The maximum absolute atomic E-state index is 12.7. The Balaban J connectivity index is 1.85. The van der Waals surface area contributed by atoms with Crippen LogP contribution >= 0.6 is 0 Å². The fourth-order valence-electron chi connectivity index (χ4n) is 2.37. The van der Waals surface area contributed by atoms with Crippen molar-refractivity contribution in [2.24, 2.45) is 0 Å². The molecule has 2 N–H and O–H groups in total. The van der Waals surface area contributed by atoms with Crippen LogP contribution in [-0.4, -0.2) is 21.8 Å². The summed E-state index contributed by atoms with van der Waals surface area (Å²) in [5, 5.41) is 5.51. The van der Waals surface area contributed by atoms with Gasteiger partial charge in [-0.2, -0.15) is 0 Å². The van der Waals surface area contributed by atoms with Crippen molar-refractivity contribution in [2.45, 2.75) is 5.92 Å². The lowest BCUT2D eigenvalue weighted by Gasteiger charge is -2.17. The topological polar surface area (TPSA) is 84.0 Å². The second-order valence-corrected chi connectivity index (χ2v) is 5.29. The number of carbonyl (C=O) groups is 2. The molecule has 0 atom stereocenters. The lowest BCUT2D eigenvalue weighted by atomic mass is 9.97. The minimum atomic E-state index is -0.984. The van der Waals surface area contributed by atoms with Gasteiger partial charge in [-0.25, -0.2) is 0 Å². The molecule has 0 aliphatic carbocycles. The molecule has 6 nitrogen and oxygen atoms in total. The number of rotatable bonds is 5. The first kappa shape index (κ1) is 16.3. The number of nitrogens with one attached hydrogen (secondary N) is 2. The van der Waals surface area contributed by atoms with E-state index in [1.165, 1.54) is 0 Å². The van der Waals surface area contributed by atoms with Crippen LogP contribution in [-0.2, 0) is 9.59 Å². The average molecular weight is 332 g/mol. The van der Waals surface area contributed by atoms with Gasteiger partial charge in [-0.05, 0) is 29.8 Å². The summed E-state index contributed by atoms with van der Waals surface area (Å²) in [6.07, 6.45) is 6.29. The largest absolute Gasteiger partial charge is 0.325 e. The van der Waals surface area contributed by atoms with E-state index < -0.39 is 17.7 Å². The van der Waals surface area contributed by atoms with Crippen LogP contribution in [0.4, 0.5) is 11.4 Å². The number of pyridine rings is 2. The third kappa shape index (κ3) is 4.26. The van der Waals surface area contributed by atoms with Crippen LogP contribution in [0.5, 0.6) is 0 Å². The van der Waals surface area contributed by atoms with Crippen LogP contribution in [0.15, 0.2) is 79.4 Å². The summed E-state index contributed by atoms with van der Waals surface area (Å²) in [5.41, 5.74) is 1.77. The Hall–Kier alpha value is -3.54. The molecule has 2 amide bonds. The summed E-state index contributed by atoms with van der Waals surface area (Å²) in [7, 11) is 0. The quantitative estimate of drug-likeness (QED) is 0.704. The number of aromatic nitrogens is 2. The zero-order valence-corrected chi connectivity index (χ0v) is 13.3. The molecule has 0 saturated carbocycles.